The van der Waals surface area contributed by atoms with Gasteiger partial charge in [-0.3, -0.25) is 0 Å². The summed E-state index contributed by atoms with van der Waals surface area (Å²) in [6.45, 7) is 11.6. The number of halogens is 3. The van der Waals surface area contributed by atoms with Gasteiger partial charge in [0, 0.05) is 22.4 Å². The average Bonchev–Trinajstić information content (AvgIpc) is 2.56. The fourth-order valence-electron chi connectivity index (χ4n) is 2.04. The highest BCUT2D eigenvalue weighted by molar-refractivity contribution is 7.12. The van der Waals surface area contributed by atoms with E-state index >= 15 is 0 Å². The summed E-state index contributed by atoms with van der Waals surface area (Å²) in [5.41, 5.74) is 0.865. The van der Waals surface area contributed by atoms with Crippen molar-refractivity contribution in [2.75, 3.05) is 0 Å². The molecule has 20 heavy (non-hydrogen) atoms. The Labute approximate surface area is 122 Å². The summed E-state index contributed by atoms with van der Waals surface area (Å²) >= 11 is 1.58. The fraction of sp³-hybridized carbons (Fsp3) is 0.786. The van der Waals surface area contributed by atoms with Gasteiger partial charge in [-0.1, -0.05) is 20.8 Å². The van der Waals surface area contributed by atoms with Crippen LogP contribution < -0.4 is 5.32 Å². The van der Waals surface area contributed by atoms with Gasteiger partial charge in [-0.15, -0.1) is 11.3 Å². The minimum atomic E-state index is -4.13. The smallest absolute Gasteiger partial charge is 0.307 e. The minimum Gasteiger partial charge on any atom is -0.307 e. The molecule has 0 aliphatic rings. The highest BCUT2D eigenvalue weighted by atomic mass is 32.1. The fourth-order valence-corrected chi connectivity index (χ4v) is 3.17. The summed E-state index contributed by atoms with van der Waals surface area (Å²) in [5, 5.41) is 4.02. The molecule has 2 atom stereocenters. The van der Waals surface area contributed by atoms with Gasteiger partial charge in [-0.25, -0.2) is 4.98 Å². The maximum Gasteiger partial charge on any atom is 0.390 e. The summed E-state index contributed by atoms with van der Waals surface area (Å²) in [4.78, 5) is 5.56. The SMILES string of the molecule is Cc1nc(C(C)(C)C)sc1C(C)NC(C)CC(F)(F)F. The van der Waals surface area contributed by atoms with Gasteiger partial charge >= 0.3 is 6.18 Å². The number of aromatic nitrogens is 1. The first kappa shape index (κ1) is 17.4. The third-order valence-electron chi connectivity index (χ3n) is 2.94. The quantitative estimate of drug-likeness (QED) is 0.869. The Bertz CT molecular complexity index is 446. The Morgan fingerprint density at radius 2 is 1.75 bits per heavy atom. The molecule has 1 rings (SSSR count). The molecule has 2 nitrogen and oxygen atoms in total. The van der Waals surface area contributed by atoms with E-state index in [0.29, 0.717) is 0 Å². The predicted molar refractivity (Wildman–Crippen MR) is 77.2 cm³/mol. The van der Waals surface area contributed by atoms with E-state index in [1.165, 1.54) is 0 Å². The largest absolute Gasteiger partial charge is 0.390 e. The Balaban J connectivity index is 2.78. The number of nitrogens with zero attached hydrogens (tertiary/aromatic N) is 1. The Morgan fingerprint density at radius 1 is 1.20 bits per heavy atom. The van der Waals surface area contributed by atoms with Gasteiger partial charge in [0.05, 0.1) is 17.1 Å². The highest BCUT2D eigenvalue weighted by Crippen LogP contribution is 2.33. The van der Waals surface area contributed by atoms with Gasteiger partial charge in [-0.2, -0.15) is 13.2 Å². The van der Waals surface area contributed by atoms with Crippen LogP contribution in [0.25, 0.3) is 0 Å². The van der Waals surface area contributed by atoms with E-state index in [0.717, 1.165) is 15.6 Å². The first-order valence-electron chi connectivity index (χ1n) is 6.70. The van der Waals surface area contributed by atoms with Gasteiger partial charge in [0.1, 0.15) is 0 Å². The summed E-state index contributed by atoms with van der Waals surface area (Å²) in [7, 11) is 0. The topological polar surface area (TPSA) is 24.9 Å². The van der Waals surface area contributed by atoms with Crippen LogP contribution >= 0.6 is 11.3 Å². The summed E-state index contributed by atoms with van der Waals surface area (Å²) < 4.78 is 37.0. The number of hydrogen-bond donors (Lipinski definition) is 1. The van der Waals surface area contributed by atoms with Crippen LogP contribution in [0.3, 0.4) is 0 Å². The van der Waals surface area contributed by atoms with E-state index in [2.05, 4.69) is 31.1 Å². The molecule has 1 aromatic rings. The molecule has 0 saturated heterocycles. The molecule has 0 saturated carbocycles. The number of thiazole rings is 1. The van der Waals surface area contributed by atoms with E-state index in [4.69, 9.17) is 0 Å². The molecule has 0 amide bonds. The lowest BCUT2D eigenvalue weighted by Crippen LogP contribution is -2.33. The maximum atomic E-state index is 12.3. The monoisotopic (exact) mass is 308 g/mol. The molecule has 1 heterocycles. The van der Waals surface area contributed by atoms with Crippen molar-refractivity contribution in [1.82, 2.24) is 10.3 Å². The van der Waals surface area contributed by atoms with Crippen LogP contribution in [0.1, 0.15) is 62.7 Å². The number of nitrogens with one attached hydrogen (secondary N) is 1. The van der Waals surface area contributed by atoms with Crippen LogP contribution in [0.2, 0.25) is 0 Å². The van der Waals surface area contributed by atoms with Crippen LogP contribution in [-0.2, 0) is 5.41 Å². The minimum absolute atomic E-state index is 0.0367. The van der Waals surface area contributed by atoms with Crippen molar-refractivity contribution in [3.63, 3.8) is 0 Å². The van der Waals surface area contributed by atoms with Gasteiger partial charge in [0.25, 0.3) is 0 Å². The van der Waals surface area contributed by atoms with Crippen LogP contribution in [0.5, 0.6) is 0 Å². The molecule has 0 aliphatic carbocycles. The standard InChI is InChI=1S/C14H23F3N2S/c1-8(7-14(15,16)17)18-9(2)11-10(3)19-12(20-11)13(4,5)6/h8-9,18H,7H2,1-6H3. The van der Waals surface area contributed by atoms with Gasteiger partial charge in [-0.05, 0) is 20.8 Å². The van der Waals surface area contributed by atoms with E-state index in [1.54, 1.807) is 18.3 Å². The molecule has 1 aromatic heterocycles. The Hall–Kier alpha value is -0.620. The van der Waals surface area contributed by atoms with E-state index < -0.39 is 18.6 Å². The molecule has 6 heteroatoms. The molecular formula is C14H23F3N2S. The van der Waals surface area contributed by atoms with Gasteiger partial charge < -0.3 is 5.32 Å². The molecule has 0 aromatic carbocycles. The second-order valence-corrected chi connectivity index (χ2v) is 7.36. The zero-order valence-electron chi connectivity index (χ0n) is 12.9. The third-order valence-corrected chi connectivity index (χ3v) is 4.71. The molecule has 0 spiro atoms. The molecule has 1 N–H and O–H groups in total. The van der Waals surface area contributed by atoms with Crippen molar-refractivity contribution in [2.45, 2.75) is 71.6 Å². The van der Waals surface area contributed by atoms with Crippen LogP contribution in [0.4, 0.5) is 13.2 Å². The zero-order chi connectivity index (χ0) is 15.7. The van der Waals surface area contributed by atoms with Crippen molar-refractivity contribution >= 4 is 11.3 Å². The van der Waals surface area contributed by atoms with E-state index in [9.17, 15) is 13.2 Å². The Morgan fingerprint density at radius 3 is 2.15 bits per heavy atom. The average molecular weight is 308 g/mol. The highest BCUT2D eigenvalue weighted by Gasteiger charge is 2.31. The molecular weight excluding hydrogens is 285 g/mol. The van der Waals surface area contributed by atoms with Crippen LogP contribution in [-0.4, -0.2) is 17.2 Å². The van der Waals surface area contributed by atoms with Crippen molar-refractivity contribution in [2.24, 2.45) is 0 Å². The first-order chi connectivity index (χ1) is 8.90. The number of alkyl halides is 3. The first-order valence-corrected chi connectivity index (χ1v) is 7.52. The van der Waals surface area contributed by atoms with Gasteiger partial charge in [0.15, 0.2) is 0 Å². The molecule has 2 unspecified atom stereocenters. The normalized spacial score (nSPS) is 16.2. The maximum absolute atomic E-state index is 12.3. The summed E-state index contributed by atoms with van der Waals surface area (Å²) in [6, 6.07) is -0.731. The van der Waals surface area contributed by atoms with Crippen molar-refractivity contribution < 1.29 is 13.2 Å². The summed E-state index contributed by atoms with van der Waals surface area (Å²) in [5.74, 6) is 0. The summed E-state index contributed by atoms with van der Waals surface area (Å²) in [6.07, 6.45) is -4.95. The van der Waals surface area contributed by atoms with Crippen molar-refractivity contribution in [3.05, 3.63) is 15.6 Å². The molecule has 0 fully saturated rings. The molecule has 116 valence electrons. The lowest BCUT2D eigenvalue weighted by Gasteiger charge is -2.20. The van der Waals surface area contributed by atoms with Crippen LogP contribution in [0, 0.1) is 6.92 Å². The third kappa shape index (κ3) is 5.05. The number of rotatable bonds is 4. The van der Waals surface area contributed by atoms with Crippen LogP contribution in [0.15, 0.2) is 0 Å². The van der Waals surface area contributed by atoms with E-state index in [-0.39, 0.29) is 11.5 Å². The second-order valence-electron chi connectivity index (χ2n) is 6.33. The number of hydrogen-bond acceptors (Lipinski definition) is 3. The van der Waals surface area contributed by atoms with Crippen molar-refractivity contribution in [1.29, 1.82) is 0 Å². The number of aryl methyl sites for hydroxylation is 1. The molecule has 0 bridgehead atoms. The van der Waals surface area contributed by atoms with E-state index in [1.807, 2.05) is 13.8 Å². The molecule has 0 aliphatic heterocycles. The van der Waals surface area contributed by atoms with Crippen molar-refractivity contribution in [3.8, 4) is 0 Å². The second kappa shape index (κ2) is 6.02. The zero-order valence-corrected chi connectivity index (χ0v) is 13.7. The Kier molecular flexibility index (Phi) is 5.24. The lowest BCUT2D eigenvalue weighted by molar-refractivity contribution is -0.139. The predicted octanol–water partition coefficient (Wildman–Crippen LogP) is 4.74. The molecule has 0 radical (unpaired) electrons. The lowest BCUT2D eigenvalue weighted by atomic mass is 9.98. The van der Waals surface area contributed by atoms with Gasteiger partial charge in [0.2, 0.25) is 0 Å².